The summed E-state index contributed by atoms with van der Waals surface area (Å²) in [6.07, 6.45) is 0.658. The lowest BCUT2D eigenvalue weighted by molar-refractivity contribution is 0.210. The first-order valence-electron chi connectivity index (χ1n) is 11.3. The van der Waals surface area contributed by atoms with E-state index in [1.54, 1.807) is 28.6 Å². The second kappa shape index (κ2) is 9.15. The third kappa shape index (κ3) is 4.05. The first-order valence-corrected chi connectivity index (χ1v) is 12.7. The lowest BCUT2D eigenvalue weighted by atomic mass is 9.83. The van der Waals surface area contributed by atoms with E-state index in [2.05, 4.69) is 17.2 Å². The first kappa shape index (κ1) is 22.5. The van der Waals surface area contributed by atoms with E-state index >= 15 is 0 Å². The number of sulfonamides is 1. The largest absolute Gasteiger partial charge is 0.497 e. The van der Waals surface area contributed by atoms with Gasteiger partial charge in [-0.25, -0.2) is 8.42 Å². The topological polar surface area (TPSA) is 78.9 Å². The second-order valence-corrected chi connectivity index (χ2v) is 10.4. The Balaban J connectivity index is 1.56. The molecule has 2 aliphatic rings. The summed E-state index contributed by atoms with van der Waals surface area (Å²) in [5.41, 5.74) is 3.45. The summed E-state index contributed by atoms with van der Waals surface area (Å²) in [6, 6.07) is 21.5. The maximum absolute atomic E-state index is 13.7. The fraction of sp³-hybridized carbons (Fsp3) is 0.259. The van der Waals surface area contributed by atoms with E-state index in [-0.39, 0.29) is 29.5 Å². The predicted molar refractivity (Wildman–Crippen MR) is 131 cm³/mol. The number of anilines is 1. The van der Waals surface area contributed by atoms with Crippen LogP contribution in [0, 0.1) is 17.8 Å². The molecule has 0 unspecified atom stereocenters. The van der Waals surface area contributed by atoms with Crippen molar-refractivity contribution in [1.82, 2.24) is 4.31 Å². The SMILES string of the molecule is COc1cccc(S(=O)(=O)N2CC[C@@H]3[C@@H](CO)Nc4ccc(C#Cc5ccccc5)cc4[C@@H]32)c1. The van der Waals surface area contributed by atoms with Crippen LogP contribution in [-0.2, 0) is 10.0 Å². The Morgan fingerprint density at radius 2 is 1.82 bits per heavy atom. The predicted octanol–water partition coefficient (Wildman–Crippen LogP) is 3.63. The number of nitrogens with zero attached hydrogens (tertiary/aromatic N) is 1. The van der Waals surface area contributed by atoms with Gasteiger partial charge in [0.15, 0.2) is 0 Å². The molecule has 7 heteroatoms. The van der Waals surface area contributed by atoms with Crippen LogP contribution in [0.2, 0.25) is 0 Å². The van der Waals surface area contributed by atoms with Crippen LogP contribution in [0.1, 0.15) is 29.2 Å². The summed E-state index contributed by atoms with van der Waals surface area (Å²) in [5.74, 6) is 6.82. The number of hydrogen-bond acceptors (Lipinski definition) is 5. The lowest BCUT2D eigenvalue weighted by Gasteiger charge is -2.38. The molecule has 0 spiro atoms. The van der Waals surface area contributed by atoms with Gasteiger partial charge < -0.3 is 15.2 Å². The van der Waals surface area contributed by atoms with Crippen molar-refractivity contribution in [1.29, 1.82) is 0 Å². The summed E-state index contributed by atoms with van der Waals surface area (Å²) < 4.78 is 34.3. The molecule has 1 saturated heterocycles. The monoisotopic (exact) mass is 474 g/mol. The quantitative estimate of drug-likeness (QED) is 0.565. The van der Waals surface area contributed by atoms with Gasteiger partial charge in [0, 0.05) is 35.3 Å². The molecular formula is C27H26N2O4S. The number of aliphatic hydroxyl groups excluding tert-OH is 1. The van der Waals surface area contributed by atoms with Gasteiger partial charge >= 0.3 is 0 Å². The van der Waals surface area contributed by atoms with Crippen molar-refractivity contribution in [3.05, 3.63) is 89.5 Å². The minimum atomic E-state index is -3.78. The van der Waals surface area contributed by atoms with Crippen molar-refractivity contribution in [2.45, 2.75) is 23.4 Å². The molecule has 3 aromatic rings. The highest BCUT2D eigenvalue weighted by Gasteiger charge is 2.48. The second-order valence-electron chi connectivity index (χ2n) is 8.54. The minimum absolute atomic E-state index is 0.0461. The van der Waals surface area contributed by atoms with E-state index in [4.69, 9.17) is 4.74 Å². The number of hydrogen-bond donors (Lipinski definition) is 2. The normalized spacial score (nSPS) is 21.5. The molecular weight excluding hydrogens is 448 g/mol. The molecule has 0 radical (unpaired) electrons. The van der Waals surface area contributed by atoms with Gasteiger partial charge in [-0.3, -0.25) is 0 Å². The van der Waals surface area contributed by atoms with Crippen molar-refractivity contribution in [3.63, 3.8) is 0 Å². The smallest absolute Gasteiger partial charge is 0.243 e. The zero-order chi connectivity index (χ0) is 23.7. The van der Waals surface area contributed by atoms with Crippen LogP contribution in [0.4, 0.5) is 5.69 Å². The summed E-state index contributed by atoms with van der Waals surface area (Å²) in [7, 11) is -2.26. The van der Waals surface area contributed by atoms with Crippen LogP contribution < -0.4 is 10.1 Å². The molecule has 3 atom stereocenters. The molecule has 2 heterocycles. The molecule has 0 aromatic heterocycles. The van der Waals surface area contributed by atoms with Crippen LogP contribution >= 0.6 is 0 Å². The third-order valence-corrected chi connectivity index (χ3v) is 8.47. The van der Waals surface area contributed by atoms with Crippen LogP contribution in [0.5, 0.6) is 5.75 Å². The van der Waals surface area contributed by atoms with Crippen LogP contribution in [-0.4, -0.2) is 44.1 Å². The molecule has 174 valence electrons. The number of rotatable bonds is 4. The Morgan fingerprint density at radius 3 is 2.59 bits per heavy atom. The number of nitrogens with one attached hydrogen (secondary N) is 1. The first-order chi connectivity index (χ1) is 16.5. The summed E-state index contributed by atoms with van der Waals surface area (Å²) in [4.78, 5) is 0.202. The molecule has 0 aliphatic carbocycles. The number of fused-ring (bicyclic) bond motifs is 3. The highest BCUT2D eigenvalue weighted by molar-refractivity contribution is 7.89. The average molecular weight is 475 g/mol. The zero-order valence-electron chi connectivity index (χ0n) is 18.8. The summed E-state index contributed by atoms with van der Waals surface area (Å²) >= 11 is 0. The van der Waals surface area contributed by atoms with E-state index in [1.165, 1.54) is 7.11 Å². The van der Waals surface area contributed by atoms with Crippen LogP contribution in [0.3, 0.4) is 0 Å². The maximum atomic E-state index is 13.7. The number of methoxy groups -OCH3 is 1. The maximum Gasteiger partial charge on any atom is 0.243 e. The number of aliphatic hydroxyl groups is 1. The minimum Gasteiger partial charge on any atom is -0.497 e. The van der Waals surface area contributed by atoms with Gasteiger partial charge in [0.1, 0.15) is 5.75 Å². The van der Waals surface area contributed by atoms with Crippen LogP contribution in [0.25, 0.3) is 0 Å². The van der Waals surface area contributed by atoms with Crippen molar-refractivity contribution >= 4 is 15.7 Å². The highest BCUT2D eigenvalue weighted by Crippen LogP contribution is 2.48. The van der Waals surface area contributed by atoms with Gasteiger partial charge in [-0.1, -0.05) is 36.1 Å². The number of ether oxygens (including phenoxy) is 1. The molecule has 0 saturated carbocycles. The molecule has 0 bridgehead atoms. The molecule has 2 N–H and O–H groups in total. The van der Waals surface area contributed by atoms with Gasteiger partial charge in [0.05, 0.1) is 30.7 Å². The molecule has 0 amide bonds. The van der Waals surface area contributed by atoms with E-state index in [9.17, 15) is 13.5 Å². The molecule has 2 aliphatic heterocycles. The van der Waals surface area contributed by atoms with Crippen molar-refractivity contribution in [2.75, 3.05) is 25.6 Å². The van der Waals surface area contributed by atoms with E-state index in [0.29, 0.717) is 18.7 Å². The van der Waals surface area contributed by atoms with E-state index in [1.807, 2.05) is 48.5 Å². The summed E-state index contributed by atoms with van der Waals surface area (Å²) in [5, 5.41) is 13.4. The molecule has 34 heavy (non-hydrogen) atoms. The molecule has 1 fully saturated rings. The molecule has 3 aromatic carbocycles. The fourth-order valence-electron chi connectivity index (χ4n) is 4.93. The van der Waals surface area contributed by atoms with E-state index in [0.717, 1.165) is 22.4 Å². The zero-order valence-corrected chi connectivity index (χ0v) is 19.6. The van der Waals surface area contributed by atoms with Gasteiger partial charge in [-0.05, 0) is 54.4 Å². The van der Waals surface area contributed by atoms with Crippen molar-refractivity contribution in [2.24, 2.45) is 5.92 Å². The Hall–Kier alpha value is -3.31. The lowest BCUT2D eigenvalue weighted by Crippen LogP contribution is -2.42. The van der Waals surface area contributed by atoms with E-state index < -0.39 is 10.0 Å². The Labute approximate surface area is 200 Å². The Morgan fingerprint density at radius 1 is 1.03 bits per heavy atom. The van der Waals surface area contributed by atoms with Gasteiger partial charge in [0.25, 0.3) is 0 Å². The average Bonchev–Trinajstić information content (AvgIpc) is 3.34. The Bertz CT molecular complexity index is 1360. The van der Waals surface area contributed by atoms with Gasteiger partial charge in [0.2, 0.25) is 10.0 Å². The van der Waals surface area contributed by atoms with Crippen LogP contribution in [0.15, 0.2) is 77.7 Å². The molecule has 6 nitrogen and oxygen atoms in total. The Kier molecular flexibility index (Phi) is 6.05. The van der Waals surface area contributed by atoms with Gasteiger partial charge in [-0.15, -0.1) is 0 Å². The van der Waals surface area contributed by atoms with Crippen molar-refractivity contribution in [3.8, 4) is 17.6 Å². The highest BCUT2D eigenvalue weighted by atomic mass is 32.2. The fourth-order valence-corrected chi connectivity index (χ4v) is 6.63. The standard InChI is InChI=1S/C27H26N2O4S/c1-33-21-8-5-9-22(17-21)34(31,32)29-15-14-23-26(18-30)28-25-13-12-20(16-24(25)27(23)29)11-10-19-6-3-2-4-7-19/h2-9,12-13,16-17,23,26-28,30H,14-15,18H2,1H3/t23-,26-,27-/m1/s1. The number of benzene rings is 3. The molecule has 5 rings (SSSR count). The third-order valence-electron chi connectivity index (χ3n) is 6.60. The summed E-state index contributed by atoms with van der Waals surface area (Å²) in [6.45, 7) is 0.315. The van der Waals surface area contributed by atoms with Crippen molar-refractivity contribution < 1.29 is 18.3 Å². The van der Waals surface area contributed by atoms with Gasteiger partial charge in [-0.2, -0.15) is 4.31 Å².